The van der Waals surface area contributed by atoms with Crippen molar-refractivity contribution in [3.8, 4) is 0 Å². The molecule has 1 aliphatic carbocycles. The molecule has 0 fully saturated rings. The standard InChI is InChI=1S/C16H16Si.2BrH.Zr/c1-17(2)16-14-10-6-5-9-13(14)11-15(16)12-7-3-4-8-12;;;/h3-7,9-11H,8H2,1-2H3;2*1H;/q-1;;;+3/p-2. The van der Waals surface area contributed by atoms with Gasteiger partial charge in [0.25, 0.3) is 0 Å². The molecule has 0 aliphatic heterocycles. The van der Waals surface area contributed by atoms with Crippen LogP contribution in [-0.4, -0.2) is 8.80 Å². The molecule has 0 N–H and O–H groups in total. The van der Waals surface area contributed by atoms with Gasteiger partial charge in [-0.25, -0.2) is 0 Å². The van der Waals surface area contributed by atoms with E-state index >= 15 is 0 Å². The van der Waals surface area contributed by atoms with E-state index in [1.54, 1.807) is 5.19 Å². The van der Waals surface area contributed by atoms with Crippen LogP contribution in [0.25, 0.3) is 16.3 Å². The van der Waals surface area contributed by atoms with Crippen LogP contribution < -0.4 is 39.1 Å². The summed E-state index contributed by atoms with van der Waals surface area (Å²) >= 11 is 0. The minimum absolute atomic E-state index is 0. The number of allylic oxidation sites excluding steroid dienone is 4. The average molecular weight is 487 g/mol. The Labute approximate surface area is 163 Å². The van der Waals surface area contributed by atoms with E-state index in [1.807, 2.05) is 0 Å². The summed E-state index contributed by atoms with van der Waals surface area (Å²) in [6, 6.07) is 11.2. The summed E-state index contributed by atoms with van der Waals surface area (Å²) in [6.07, 6.45) is 7.78. The van der Waals surface area contributed by atoms with Crippen molar-refractivity contribution in [2.75, 3.05) is 0 Å². The van der Waals surface area contributed by atoms with Crippen molar-refractivity contribution in [2.24, 2.45) is 0 Å². The SMILES string of the molecule is C[Si](C)c1c(C2=CC=CC2)[cH-]c2ccccc12.[Br-].[Br-].[Zr+3]. The molecular weight excluding hydrogens is 471 g/mol. The Hall–Kier alpha value is 0.370. The molecule has 2 aromatic carbocycles. The third-order valence-electron chi connectivity index (χ3n) is 3.42. The molecule has 0 saturated heterocycles. The molecule has 102 valence electrons. The molecule has 4 heteroatoms. The first-order valence-corrected chi connectivity index (χ1v) is 8.62. The molecule has 0 unspecified atom stereocenters. The van der Waals surface area contributed by atoms with Gasteiger partial charge in [-0.3, -0.25) is 0 Å². The first-order valence-electron chi connectivity index (χ1n) is 6.12. The molecule has 2 radical (unpaired) electrons. The van der Waals surface area contributed by atoms with E-state index in [4.69, 9.17) is 0 Å². The maximum absolute atomic E-state index is 2.39. The molecule has 0 saturated carbocycles. The zero-order valence-corrected chi connectivity index (χ0v) is 18.2. The van der Waals surface area contributed by atoms with Crippen LogP contribution in [0.1, 0.15) is 12.0 Å². The van der Waals surface area contributed by atoms with Gasteiger partial charge in [-0.05, 0) is 6.42 Å². The summed E-state index contributed by atoms with van der Waals surface area (Å²) in [5, 5.41) is 4.48. The van der Waals surface area contributed by atoms with Crippen LogP contribution in [0.3, 0.4) is 0 Å². The second-order valence-electron chi connectivity index (χ2n) is 4.84. The molecule has 3 rings (SSSR count). The second-order valence-corrected chi connectivity index (χ2v) is 7.34. The number of halogens is 2. The first-order chi connectivity index (χ1) is 8.27. The van der Waals surface area contributed by atoms with Crippen molar-refractivity contribution in [1.82, 2.24) is 0 Å². The van der Waals surface area contributed by atoms with Crippen molar-refractivity contribution >= 4 is 30.3 Å². The average Bonchev–Trinajstić information content (AvgIpc) is 2.95. The molecule has 0 amide bonds. The van der Waals surface area contributed by atoms with Gasteiger partial charge in [0.2, 0.25) is 0 Å². The van der Waals surface area contributed by atoms with Crippen molar-refractivity contribution in [1.29, 1.82) is 0 Å². The Bertz CT molecular complexity index is 626. The van der Waals surface area contributed by atoms with Crippen molar-refractivity contribution in [3.05, 3.63) is 54.1 Å². The monoisotopic (exact) mass is 484 g/mol. The topological polar surface area (TPSA) is 0 Å². The van der Waals surface area contributed by atoms with Crippen LogP contribution in [0.4, 0.5) is 0 Å². The summed E-state index contributed by atoms with van der Waals surface area (Å²) < 4.78 is 0. The summed E-state index contributed by atoms with van der Waals surface area (Å²) in [6.45, 7) is 4.78. The predicted octanol–water partition coefficient (Wildman–Crippen LogP) is -2.13. The fourth-order valence-electron chi connectivity index (χ4n) is 2.66. The molecule has 1 aliphatic rings. The minimum Gasteiger partial charge on any atom is -1.00 e. The van der Waals surface area contributed by atoms with Crippen LogP contribution in [0, 0.1) is 0 Å². The Balaban J connectivity index is 0.00000120. The van der Waals surface area contributed by atoms with Gasteiger partial charge in [-0.1, -0.05) is 49.5 Å². The Morgan fingerprint density at radius 1 is 1.10 bits per heavy atom. The molecule has 0 spiro atoms. The maximum Gasteiger partial charge on any atom is 3.00 e. The fourth-order valence-corrected chi connectivity index (χ4v) is 4.20. The maximum atomic E-state index is 2.39. The number of fused-ring (bicyclic) bond motifs is 1. The number of benzene rings is 1. The van der Waals surface area contributed by atoms with Gasteiger partial charge >= 0.3 is 26.2 Å². The van der Waals surface area contributed by atoms with Crippen molar-refractivity contribution in [3.63, 3.8) is 0 Å². The van der Waals surface area contributed by atoms with E-state index in [9.17, 15) is 0 Å². The van der Waals surface area contributed by atoms with Gasteiger partial charge in [0.1, 0.15) is 0 Å². The molecule has 2 aromatic rings. The largest absolute Gasteiger partial charge is 3.00 e. The van der Waals surface area contributed by atoms with Gasteiger partial charge in [0.05, 0.1) is 0 Å². The summed E-state index contributed by atoms with van der Waals surface area (Å²) in [7, 11) is -0.429. The summed E-state index contributed by atoms with van der Waals surface area (Å²) in [4.78, 5) is 0. The van der Waals surface area contributed by atoms with E-state index < -0.39 is 8.80 Å². The molecule has 0 atom stereocenters. The Morgan fingerprint density at radius 3 is 2.40 bits per heavy atom. The van der Waals surface area contributed by atoms with Crippen LogP contribution >= 0.6 is 0 Å². The van der Waals surface area contributed by atoms with Crippen LogP contribution in [0.15, 0.2) is 48.6 Å². The normalized spacial score (nSPS) is 12.7. The molecular formula is C16H16Br2SiZr. The zero-order valence-electron chi connectivity index (χ0n) is 11.6. The van der Waals surface area contributed by atoms with E-state index in [0.717, 1.165) is 6.42 Å². The Kier molecular flexibility index (Phi) is 8.89. The zero-order chi connectivity index (χ0) is 11.8. The smallest absolute Gasteiger partial charge is 1.00 e. The summed E-state index contributed by atoms with van der Waals surface area (Å²) in [5.41, 5.74) is 2.98. The summed E-state index contributed by atoms with van der Waals surface area (Å²) in [5.74, 6) is 0. The third-order valence-corrected chi connectivity index (χ3v) is 4.96. The van der Waals surface area contributed by atoms with Gasteiger partial charge in [-0.2, -0.15) is 0 Å². The van der Waals surface area contributed by atoms with Crippen molar-refractivity contribution < 1.29 is 60.2 Å². The molecule has 0 heterocycles. The van der Waals surface area contributed by atoms with E-state index in [1.165, 1.54) is 21.9 Å². The third kappa shape index (κ3) is 3.76. The predicted molar refractivity (Wildman–Crippen MR) is 78.4 cm³/mol. The van der Waals surface area contributed by atoms with Gasteiger partial charge < -0.3 is 34.0 Å². The number of hydrogen-bond donors (Lipinski definition) is 0. The van der Waals surface area contributed by atoms with E-state index in [2.05, 4.69) is 61.7 Å². The van der Waals surface area contributed by atoms with Crippen molar-refractivity contribution in [2.45, 2.75) is 19.5 Å². The fraction of sp³-hybridized carbons (Fsp3) is 0.188. The second kappa shape index (κ2) is 8.73. The van der Waals surface area contributed by atoms with Gasteiger partial charge in [-0.15, -0.1) is 39.2 Å². The van der Waals surface area contributed by atoms with Crippen LogP contribution in [-0.2, 0) is 26.2 Å². The quantitative estimate of drug-likeness (QED) is 0.336. The molecule has 20 heavy (non-hydrogen) atoms. The first kappa shape index (κ1) is 20.4. The molecule has 0 bridgehead atoms. The van der Waals surface area contributed by atoms with Gasteiger partial charge in [0.15, 0.2) is 0 Å². The van der Waals surface area contributed by atoms with E-state index in [-0.39, 0.29) is 60.2 Å². The van der Waals surface area contributed by atoms with Crippen LogP contribution in [0.5, 0.6) is 0 Å². The Morgan fingerprint density at radius 2 is 1.80 bits per heavy atom. The molecule has 0 aromatic heterocycles. The van der Waals surface area contributed by atoms with Crippen LogP contribution in [0.2, 0.25) is 13.1 Å². The number of rotatable bonds is 2. The van der Waals surface area contributed by atoms with Gasteiger partial charge in [0, 0.05) is 8.80 Å². The number of hydrogen-bond acceptors (Lipinski definition) is 0. The van der Waals surface area contributed by atoms with E-state index in [0.29, 0.717) is 0 Å². The molecule has 0 nitrogen and oxygen atoms in total. The minimum atomic E-state index is -0.429.